The highest BCUT2D eigenvalue weighted by molar-refractivity contribution is 5.90. The van der Waals surface area contributed by atoms with E-state index in [0.717, 1.165) is 5.69 Å². The normalized spacial score (nSPS) is 12.1. The van der Waals surface area contributed by atoms with Crippen molar-refractivity contribution >= 4 is 11.6 Å². The van der Waals surface area contributed by atoms with E-state index in [4.69, 9.17) is 5.73 Å². The van der Waals surface area contributed by atoms with E-state index in [-0.39, 0.29) is 11.9 Å². The Bertz CT molecular complexity index is 285. The molecule has 1 heterocycles. The van der Waals surface area contributed by atoms with Gasteiger partial charge in [0.15, 0.2) is 0 Å². The van der Waals surface area contributed by atoms with Crippen molar-refractivity contribution in [1.82, 2.24) is 4.98 Å². The molecule has 0 saturated heterocycles. The molecule has 0 aromatic carbocycles. The molecule has 1 rings (SSSR count). The van der Waals surface area contributed by atoms with E-state index in [0.29, 0.717) is 12.8 Å². The predicted molar refractivity (Wildman–Crippen MR) is 55.8 cm³/mol. The summed E-state index contributed by atoms with van der Waals surface area (Å²) in [5.74, 6) is -0.0182. The maximum Gasteiger partial charge on any atom is 0.224 e. The number of hydrogen-bond donors (Lipinski definition) is 2. The highest BCUT2D eigenvalue weighted by atomic mass is 16.1. The monoisotopic (exact) mass is 193 g/mol. The lowest BCUT2D eigenvalue weighted by molar-refractivity contribution is -0.116. The number of anilines is 1. The number of carbonyl (C=O) groups excluding carboxylic acids is 1. The van der Waals surface area contributed by atoms with Gasteiger partial charge in [-0.05, 0) is 25.5 Å². The van der Waals surface area contributed by atoms with Crippen LogP contribution in [-0.4, -0.2) is 16.9 Å². The molecule has 1 unspecified atom stereocenters. The maximum atomic E-state index is 11.3. The van der Waals surface area contributed by atoms with Crippen LogP contribution in [0, 0.1) is 0 Å². The third-order valence-corrected chi connectivity index (χ3v) is 1.77. The van der Waals surface area contributed by atoms with Gasteiger partial charge in [0.2, 0.25) is 5.91 Å². The predicted octanol–water partition coefficient (Wildman–Crippen LogP) is 1.15. The summed E-state index contributed by atoms with van der Waals surface area (Å²) in [6, 6.07) is 3.65. The van der Waals surface area contributed by atoms with E-state index in [1.165, 1.54) is 0 Å². The van der Waals surface area contributed by atoms with Gasteiger partial charge in [-0.3, -0.25) is 9.78 Å². The molecule has 1 aromatic heterocycles. The summed E-state index contributed by atoms with van der Waals surface area (Å²) in [4.78, 5) is 15.2. The van der Waals surface area contributed by atoms with Gasteiger partial charge < -0.3 is 11.1 Å². The Morgan fingerprint density at radius 2 is 2.50 bits per heavy atom. The molecule has 0 radical (unpaired) electrons. The Balaban J connectivity index is 2.35. The zero-order chi connectivity index (χ0) is 10.4. The molecule has 76 valence electrons. The second-order valence-electron chi connectivity index (χ2n) is 3.31. The average Bonchev–Trinajstić information content (AvgIpc) is 2.16. The Labute approximate surface area is 83.5 Å². The molecule has 1 amide bonds. The summed E-state index contributed by atoms with van der Waals surface area (Å²) in [6.45, 7) is 1.89. The molecule has 0 fully saturated rings. The first-order valence-corrected chi connectivity index (χ1v) is 4.64. The molecule has 4 heteroatoms. The fourth-order valence-corrected chi connectivity index (χ4v) is 1.02. The number of aromatic nitrogens is 1. The largest absolute Gasteiger partial charge is 0.328 e. The van der Waals surface area contributed by atoms with Crippen LogP contribution in [0.5, 0.6) is 0 Å². The van der Waals surface area contributed by atoms with Crippen molar-refractivity contribution in [2.45, 2.75) is 25.8 Å². The van der Waals surface area contributed by atoms with E-state index < -0.39 is 0 Å². The molecule has 0 aliphatic heterocycles. The van der Waals surface area contributed by atoms with Gasteiger partial charge in [0.1, 0.15) is 0 Å². The van der Waals surface area contributed by atoms with E-state index in [1.54, 1.807) is 24.5 Å². The number of pyridine rings is 1. The number of amides is 1. The number of rotatable bonds is 4. The zero-order valence-corrected chi connectivity index (χ0v) is 8.23. The lowest BCUT2D eigenvalue weighted by Gasteiger charge is -2.05. The minimum absolute atomic E-state index is 0.0182. The Morgan fingerprint density at radius 3 is 3.07 bits per heavy atom. The molecule has 0 aliphatic rings. The molecular formula is C10H15N3O. The Morgan fingerprint density at radius 1 is 1.71 bits per heavy atom. The molecule has 4 nitrogen and oxygen atoms in total. The third-order valence-electron chi connectivity index (χ3n) is 1.77. The van der Waals surface area contributed by atoms with Crippen molar-refractivity contribution in [1.29, 1.82) is 0 Å². The van der Waals surface area contributed by atoms with Crippen LogP contribution in [0.1, 0.15) is 19.8 Å². The van der Waals surface area contributed by atoms with Gasteiger partial charge in [0, 0.05) is 18.7 Å². The van der Waals surface area contributed by atoms with Crippen molar-refractivity contribution in [2.24, 2.45) is 5.73 Å². The van der Waals surface area contributed by atoms with Crippen molar-refractivity contribution < 1.29 is 4.79 Å². The van der Waals surface area contributed by atoms with Crippen LogP contribution in [0.4, 0.5) is 5.69 Å². The highest BCUT2D eigenvalue weighted by Crippen LogP contribution is 2.04. The smallest absolute Gasteiger partial charge is 0.224 e. The van der Waals surface area contributed by atoms with Gasteiger partial charge in [0.05, 0.1) is 11.9 Å². The molecule has 0 aliphatic carbocycles. The number of carbonyl (C=O) groups is 1. The summed E-state index contributed by atoms with van der Waals surface area (Å²) < 4.78 is 0. The van der Waals surface area contributed by atoms with Crippen LogP contribution in [0.25, 0.3) is 0 Å². The summed E-state index contributed by atoms with van der Waals surface area (Å²) >= 11 is 0. The summed E-state index contributed by atoms with van der Waals surface area (Å²) in [5.41, 5.74) is 6.27. The fraction of sp³-hybridized carbons (Fsp3) is 0.400. The van der Waals surface area contributed by atoms with E-state index >= 15 is 0 Å². The van der Waals surface area contributed by atoms with E-state index in [9.17, 15) is 4.79 Å². The highest BCUT2D eigenvalue weighted by Gasteiger charge is 2.03. The van der Waals surface area contributed by atoms with Crippen molar-refractivity contribution in [3.63, 3.8) is 0 Å². The van der Waals surface area contributed by atoms with E-state index in [1.807, 2.05) is 6.92 Å². The fourth-order valence-electron chi connectivity index (χ4n) is 1.02. The lowest BCUT2D eigenvalue weighted by atomic mass is 10.2. The van der Waals surface area contributed by atoms with Gasteiger partial charge in [-0.15, -0.1) is 0 Å². The molecule has 0 saturated carbocycles. The van der Waals surface area contributed by atoms with E-state index in [2.05, 4.69) is 10.3 Å². The maximum absolute atomic E-state index is 11.3. The SMILES string of the molecule is CC(N)CCC(=O)Nc1cccnc1. The topological polar surface area (TPSA) is 68.0 Å². The molecule has 1 aromatic rings. The standard InChI is InChI=1S/C10H15N3O/c1-8(11)4-5-10(14)13-9-3-2-6-12-7-9/h2-3,6-8H,4-5,11H2,1H3,(H,13,14). The second kappa shape index (κ2) is 5.34. The number of nitrogens with one attached hydrogen (secondary N) is 1. The first-order chi connectivity index (χ1) is 6.68. The van der Waals surface area contributed by atoms with Crippen LogP contribution < -0.4 is 11.1 Å². The quantitative estimate of drug-likeness (QED) is 0.753. The van der Waals surface area contributed by atoms with Gasteiger partial charge in [-0.25, -0.2) is 0 Å². The van der Waals surface area contributed by atoms with Crippen LogP contribution in [0.15, 0.2) is 24.5 Å². The van der Waals surface area contributed by atoms with Crippen LogP contribution in [0.2, 0.25) is 0 Å². The van der Waals surface area contributed by atoms with Gasteiger partial charge in [-0.1, -0.05) is 0 Å². The van der Waals surface area contributed by atoms with Gasteiger partial charge >= 0.3 is 0 Å². The third kappa shape index (κ3) is 4.00. The summed E-state index contributed by atoms with van der Waals surface area (Å²) in [7, 11) is 0. The first kappa shape index (κ1) is 10.7. The minimum atomic E-state index is -0.0182. The molecule has 1 atom stereocenters. The summed E-state index contributed by atoms with van der Waals surface area (Å²) in [6.07, 6.45) is 4.43. The first-order valence-electron chi connectivity index (χ1n) is 4.64. The molecule has 14 heavy (non-hydrogen) atoms. The van der Waals surface area contributed by atoms with Crippen LogP contribution in [0.3, 0.4) is 0 Å². The van der Waals surface area contributed by atoms with Crippen LogP contribution >= 0.6 is 0 Å². The molecule has 0 spiro atoms. The number of nitrogens with two attached hydrogens (primary N) is 1. The Kier molecular flexibility index (Phi) is 4.07. The van der Waals surface area contributed by atoms with Gasteiger partial charge in [-0.2, -0.15) is 0 Å². The van der Waals surface area contributed by atoms with Crippen molar-refractivity contribution in [2.75, 3.05) is 5.32 Å². The number of nitrogens with zero attached hydrogens (tertiary/aromatic N) is 1. The average molecular weight is 193 g/mol. The zero-order valence-electron chi connectivity index (χ0n) is 8.23. The lowest BCUT2D eigenvalue weighted by Crippen LogP contribution is -2.19. The molecule has 3 N–H and O–H groups in total. The molecular weight excluding hydrogens is 178 g/mol. The summed E-state index contributed by atoms with van der Waals surface area (Å²) in [5, 5.41) is 2.74. The van der Waals surface area contributed by atoms with Gasteiger partial charge in [0.25, 0.3) is 0 Å². The van der Waals surface area contributed by atoms with Crippen LogP contribution in [-0.2, 0) is 4.79 Å². The molecule has 0 bridgehead atoms. The van der Waals surface area contributed by atoms with Crippen molar-refractivity contribution in [3.05, 3.63) is 24.5 Å². The Hall–Kier alpha value is -1.42. The van der Waals surface area contributed by atoms with Crippen molar-refractivity contribution in [3.8, 4) is 0 Å². The minimum Gasteiger partial charge on any atom is -0.328 e. The number of hydrogen-bond acceptors (Lipinski definition) is 3. The second-order valence-corrected chi connectivity index (χ2v) is 3.31.